The number of hydrogen-bond donors (Lipinski definition) is 0. The number of rotatable bonds is 9. The van der Waals surface area contributed by atoms with Crippen molar-refractivity contribution in [2.24, 2.45) is 18.0 Å². The maximum absolute atomic E-state index is 11.4. The van der Waals surface area contributed by atoms with Gasteiger partial charge in [0.2, 0.25) is 0 Å². The second-order valence-corrected chi connectivity index (χ2v) is 6.63. The summed E-state index contributed by atoms with van der Waals surface area (Å²) in [6.45, 7) is 6.68. The minimum atomic E-state index is -0.717. The third kappa shape index (κ3) is 3.48. The predicted octanol–water partition coefficient (Wildman–Crippen LogP) is 2.92. The Balaban J connectivity index is 2.45. The van der Waals surface area contributed by atoms with E-state index in [1.165, 1.54) is 6.20 Å². The SMILES string of the molecule is C=CCOCC(CCC)C1(c2c([N+](=O)[O-])cnn2C)N=CCS1. The van der Waals surface area contributed by atoms with Gasteiger partial charge in [0.15, 0.2) is 10.6 Å². The fourth-order valence-corrected chi connectivity index (χ4v) is 4.28. The van der Waals surface area contributed by atoms with E-state index in [9.17, 15) is 10.1 Å². The molecule has 1 aromatic heterocycles. The summed E-state index contributed by atoms with van der Waals surface area (Å²) in [5.74, 6) is 0.759. The van der Waals surface area contributed by atoms with Gasteiger partial charge in [-0.15, -0.1) is 18.3 Å². The Hall–Kier alpha value is -1.67. The second-order valence-electron chi connectivity index (χ2n) is 5.39. The van der Waals surface area contributed by atoms with E-state index in [2.05, 4.69) is 23.6 Å². The summed E-state index contributed by atoms with van der Waals surface area (Å²) < 4.78 is 7.24. The molecule has 7 nitrogen and oxygen atoms in total. The molecule has 0 N–H and O–H groups in total. The molecule has 8 heteroatoms. The largest absolute Gasteiger partial charge is 0.377 e. The highest BCUT2D eigenvalue weighted by Gasteiger charge is 2.48. The van der Waals surface area contributed by atoms with E-state index < -0.39 is 4.87 Å². The molecular weight excluding hydrogens is 316 g/mol. The van der Waals surface area contributed by atoms with Gasteiger partial charge in [0.25, 0.3) is 0 Å². The van der Waals surface area contributed by atoms with Crippen LogP contribution in [0.5, 0.6) is 0 Å². The Labute approximate surface area is 140 Å². The number of aromatic nitrogens is 2. The fourth-order valence-electron chi connectivity index (χ4n) is 2.93. The summed E-state index contributed by atoms with van der Waals surface area (Å²) in [6, 6.07) is 0. The van der Waals surface area contributed by atoms with Crippen LogP contribution in [0.4, 0.5) is 5.69 Å². The van der Waals surface area contributed by atoms with Crippen molar-refractivity contribution >= 4 is 23.7 Å². The molecule has 0 fully saturated rings. The standard InChI is InChI=1S/C15H22N4O3S/c1-4-6-12(11-22-8-5-2)15(16-7-9-23-15)14-13(19(20)21)10-17-18(14)3/h5,7,10,12H,2,4,6,8-9,11H2,1,3H3. The molecule has 0 spiro atoms. The zero-order valence-electron chi connectivity index (χ0n) is 13.5. The van der Waals surface area contributed by atoms with Crippen molar-refractivity contribution in [3.63, 3.8) is 0 Å². The van der Waals surface area contributed by atoms with Crippen LogP contribution < -0.4 is 0 Å². The first kappa shape index (κ1) is 17.7. The van der Waals surface area contributed by atoms with Gasteiger partial charge in [-0.1, -0.05) is 19.4 Å². The lowest BCUT2D eigenvalue weighted by atomic mass is 9.92. The third-order valence-electron chi connectivity index (χ3n) is 3.86. The van der Waals surface area contributed by atoms with Crippen molar-refractivity contribution in [1.29, 1.82) is 0 Å². The monoisotopic (exact) mass is 338 g/mol. The van der Waals surface area contributed by atoms with E-state index in [1.807, 2.05) is 6.21 Å². The minimum Gasteiger partial charge on any atom is -0.377 e. The number of nitro groups is 1. The zero-order valence-corrected chi connectivity index (χ0v) is 14.3. The molecule has 23 heavy (non-hydrogen) atoms. The van der Waals surface area contributed by atoms with Gasteiger partial charge in [-0.2, -0.15) is 5.10 Å². The third-order valence-corrected chi connectivity index (χ3v) is 5.25. The topological polar surface area (TPSA) is 82.5 Å². The molecule has 1 aromatic rings. The Morgan fingerprint density at radius 2 is 2.48 bits per heavy atom. The summed E-state index contributed by atoms with van der Waals surface area (Å²) in [7, 11) is 1.73. The van der Waals surface area contributed by atoms with Gasteiger partial charge < -0.3 is 4.74 Å². The van der Waals surface area contributed by atoms with Gasteiger partial charge in [0.05, 0.1) is 18.1 Å². The molecule has 0 saturated carbocycles. The van der Waals surface area contributed by atoms with Crippen LogP contribution in [0.15, 0.2) is 23.8 Å². The molecule has 0 amide bonds. The summed E-state index contributed by atoms with van der Waals surface area (Å²) in [6.07, 6.45) is 6.65. The highest BCUT2D eigenvalue weighted by molar-refractivity contribution is 8.01. The number of aryl methyl sites for hydroxylation is 1. The first-order valence-electron chi connectivity index (χ1n) is 7.60. The molecule has 0 saturated heterocycles. The van der Waals surface area contributed by atoms with Crippen molar-refractivity contribution < 1.29 is 9.66 Å². The molecule has 0 bridgehead atoms. The van der Waals surface area contributed by atoms with Crippen LogP contribution in [0.2, 0.25) is 0 Å². The molecule has 2 rings (SSSR count). The number of thioether (sulfide) groups is 1. The van der Waals surface area contributed by atoms with Gasteiger partial charge in [-0.05, 0) is 6.42 Å². The normalized spacial score (nSPS) is 21.5. The lowest BCUT2D eigenvalue weighted by Gasteiger charge is -2.33. The summed E-state index contributed by atoms with van der Waals surface area (Å²) >= 11 is 1.61. The smallest absolute Gasteiger partial charge is 0.313 e. The molecule has 2 heterocycles. The molecule has 0 aromatic carbocycles. The van der Waals surface area contributed by atoms with Gasteiger partial charge in [0, 0.05) is 24.9 Å². The van der Waals surface area contributed by atoms with Crippen LogP contribution in [-0.4, -0.2) is 39.9 Å². The number of ether oxygens (including phenoxy) is 1. The maximum atomic E-state index is 11.4. The average Bonchev–Trinajstić information content (AvgIpc) is 3.14. The molecule has 0 radical (unpaired) electrons. The summed E-state index contributed by atoms with van der Waals surface area (Å²) in [5, 5.41) is 15.5. The van der Waals surface area contributed by atoms with E-state index in [-0.39, 0.29) is 16.5 Å². The molecule has 1 aliphatic heterocycles. The van der Waals surface area contributed by atoms with Gasteiger partial charge >= 0.3 is 5.69 Å². The van der Waals surface area contributed by atoms with Crippen LogP contribution in [0, 0.1) is 16.0 Å². The predicted molar refractivity (Wildman–Crippen MR) is 91.9 cm³/mol. The molecule has 0 aliphatic carbocycles. The molecule has 126 valence electrons. The van der Waals surface area contributed by atoms with Gasteiger partial charge in [-0.3, -0.25) is 19.8 Å². The number of aliphatic imine (C=N–C) groups is 1. The van der Waals surface area contributed by atoms with E-state index >= 15 is 0 Å². The van der Waals surface area contributed by atoms with Crippen LogP contribution >= 0.6 is 11.8 Å². The van der Waals surface area contributed by atoms with E-state index in [1.54, 1.807) is 29.6 Å². The highest BCUT2D eigenvalue weighted by Crippen LogP contribution is 2.51. The van der Waals surface area contributed by atoms with Crippen LogP contribution in [0.25, 0.3) is 0 Å². The first-order chi connectivity index (χ1) is 11.1. The van der Waals surface area contributed by atoms with Gasteiger partial charge in [-0.25, -0.2) is 0 Å². The first-order valence-corrected chi connectivity index (χ1v) is 8.58. The molecule has 2 unspecified atom stereocenters. The van der Waals surface area contributed by atoms with Gasteiger partial charge in [0.1, 0.15) is 6.20 Å². The Bertz CT molecular complexity index is 602. The highest BCUT2D eigenvalue weighted by atomic mass is 32.2. The zero-order chi connectivity index (χ0) is 16.9. The molecule has 1 aliphatic rings. The fraction of sp³-hybridized carbons (Fsp3) is 0.600. The molecular formula is C15H22N4O3S. The lowest BCUT2D eigenvalue weighted by Crippen LogP contribution is -2.34. The van der Waals surface area contributed by atoms with E-state index in [4.69, 9.17) is 4.74 Å². The average molecular weight is 338 g/mol. The Morgan fingerprint density at radius 3 is 3.04 bits per heavy atom. The molecule has 2 atom stereocenters. The van der Waals surface area contributed by atoms with Crippen LogP contribution in [-0.2, 0) is 16.7 Å². The quantitative estimate of drug-likeness (QED) is 0.299. The van der Waals surface area contributed by atoms with Crippen molar-refractivity contribution in [3.05, 3.63) is 34.7 Å². The van der Waals surface area contributed by atoms with Crippen LogP contribution in [0.1, 0.15) is 25.5 Å². The summed E-state index contributed by atoms with van der Waals surface area (Å²) in [4.78, 5) is 15.0. The minimum absolute atomic E-state index is 0.0175. The number of hydrogen-bond acceptors (Lipinski definition) is 6. The number of nitrogens with zero attached hydrogens (tertiary/aromatic N) is 4. The Morgan fingerprint density at radius 1 is 1.70 bits per heavy atom. The Kier molecular flexibility index (Phi) is 5.95. The summed E-state index contributed by atoms with van der Waals surface area (Å²) in [5.41, 5.74) is 0.561. The second kappa shape index (κ2) is 7.74. The van der Waals surface area contributed by atoms with Crippen molar-refractivity contribution in [2.75, 3.05) is 19.0 Å². The van der Waals surface area contributed by atoms with Crippen LogP contribution in [0.3, 0.4) is 0 Å². The van der Waals surface area contributed by atoms with Crippen molar-refractivity contribution in [1.82, 2.24) is 9.78 Å². The maximum Gasteiger partial charge on any atom is 0.313 e. The lowest BCUT2D eigenvalue weighted by molar-refractivity contribution is -0.386. The van der Waals surface area contributed by atoms with E-state index in [0.717, 1.165) is 18.6 Å². The van der Waals surface area contributed by atoms with Crippen molar-refractivity contribution in [2.45, 2.75) is 24.6 Å². The van der Waals surface area contributed by atoms with E-state index in [0.29, 0.717) is 18.9 Å². The van der Waals surface area contributed by atoms with Crippen molar-refractivity contribution in [3.8, 4) is 0 Å².